The van der Waals surface area contributed by atoms with Crippen LogP contribution in [0.5, 0.6) is 11.8 Å². The van der Waals surface area contributed by atoms with Crippen molar-refractivity contribution in [2.45, 2.75) is 38.2 Å². The molecule has 1 fully saturated rings. The molecule has 1 aliphatic carbocycles. The lowest BCUT2D eigenvalue weighted by Gasteiger charge is -2.25. The van der Waals surface area contributed by atoms with E-state index in [4.69, 9.17) is 14.6 Å². The van der Waals surface area contributed by atoms with Crippen molar-refractivity contribution in [1.29, 1.82) is 0 Å². The van der Waals surface area contributed by atoms with Crippen molar-refractivity contribution in [3.05, 3.63) is 36.0 Å². The zero-order valence-corrected chi connectivity index (χ0v) is 14.0. The summed E-state index contributed by atoms with van der Waals surface area (Å²) in [6.07, 6.45) is 4.60. The van der Waals surface area contributed by atoms with Gasteiger partial charge in [0.05, 0.1) is 12.3 Å². The van der Waals surface area contributed by atoms with Crippen molar-refractivity contribution in [2.24, 2.45) is 0 Å². The maximum atomic E-state index is 14.2. The van der Waals surface area contributed by atoms with E-state index >= 15 is 0 Å². The molecule has 1 aromatic carbocycles. The number of benzene rings is 1. The third-order valence-electron chi connectivity index (χ3n) is 4.03. The molecule has 1 heterocycles. The summed E-state index contributed by atoms with van der Waals surface area (Å²) in [5.74, 6) is -3.28. The van der Waals surface area contributed by atoms with E-state index in [2.05, 4.69) is 9.97 Å². The topological polar surface area (TPSA) is 81.5 Å². The normalized spacial score (nSPS) is 13.9. The summed E-state index contributed by atoms with van der Waals surface area (Å²) in [6.45, 7) is -0.0909. The summed E-state index contributed by atoms with van der Waals surface area (Å²) in [5, 5.41) is 8.55. The second-order valence-electron chi connectivity index (χ2n) is 6.01. The smallest absolute Gasteiger partial charge is 0.317 e. The highest BCUT2D eigenvalue weighted by molar-refractivity contribution is 5.66. The molecule has 0 radical (unpaired) electrons. The highest BCUT2D eigenvalue weighted by Crippen LogP contribution is 2.29. The number of ether oxygens (including phenoxy) is 2. The van der Waals surface area contributed by atoms with Crippen LogP contribution < -0.4 is 9.47 Å². The first kappa shape index (κ1) is 18.0. The van der Waals surface area contributed by atoms with Crippen molar-refractivity contribution in [3.8, 4) is 23.0 Å². The summed E-state index contributed by atoms with van der Waals surface area (Å²) < 4.78 is 39.0. The van der Waals surface area contributed by atoms with E-state index < -0.39 is 23.4 Å². The summed E-state index contributed by atoms with van der Waals surface area (Å²) >= 11 is 0. The van der Waals surface area contributed by atoms with Crippen LogP contribution in [0.15, 0.2) is 24.4 Å². The summed E-state index contributed by atoms with van der Waals surface area (Å²) in [7, 11) is 0. The first-order chi connectivity index (χ1) is 12.5. The van der Waals surface area contributed by atoms with E-state index in [0.717, 1.165) is 31.4 Å². The maximum Gasteiger partial charge on any atom is 0.317 e. The standard InChI is InChI=1S/C18H18F2N2O4/c19-13-9-11(10-14(20)17(13)25-8-2-5-16(23)24)15-6-7-21-18(22-15)26-12-3-1-4-12/h6-7,9-10,12H,1-5,8H2,(H,23,24). The molecule has 1 saturated carbocycles. The third-order valence-corrected chi connectivity index (χ3v) is 4.03. The van der Waals surface area contributed by atoms with Gasteiger partial charge in [-0.15, -0.1) is 0 Å². The summed E-state index contributed by atoms with van der Waals surface area (Å²) in [4.78, 5) is 18.7. The zero-order valence-electron chi connectivity index (χ0n) is 14.0. The lowest BCUT2D eigenvalue weighted by Crippen LogP contribution is -2.25. The van der Waals surface area contributed by atoms with Crippen LogP contribution in [0.2, 0.25) is 0 Å². The van der Waals surface area contributed by atoms with E-state index in [1.54, 1.807) is 0 Å². The molecule has 0 spiro atoms. The average Bonchev–Trinajstić information content (AvgIpc) is 2.56. The number of halogens is 2. The SMILES string of the molecule is O=C(O)CCCOc1c(F)cc(-c2ccnc(OC3CCC3)n2)cc1F. The fourth-order valence-electron chi connectivity index (χ4n) is 2.44. The number of carboxylic acid groups (broad SMARTS) is 1. The lowest BCUT2D eigenvalue weighted by molar-refractivity contribution is -0.137. The minimum absolute atomic E-state index is 0.0909. The first-order valence-corrected chi connectivity index (χ1v) is 8.36. The quantitative estimate of drug-likeness (QED) is 0.721. The van der Waals surface area contributed by atoms with Crippen LogP contribution in [-0.2, 0) is 4.79 Å². The van der Waals surface area contributed by atoms with Gasteiger partial charge in [0.25, 0.3) is 0 Å². The predicted molar refractivity (Wildman–Crippen MR) is 88.0 cm³/mol. The van der Waals surface area contributed by atoms with Crippen LogP contribution in [0, 0.1) is 11.6 Å². The van der Waals surface area contributed by atoms with Gasteiger partial charge in [-0.3, -0.25) is 4.79 Å². The van der Waals surface area contributed by atoms with Gasteiger partial charge in [-0.25, -0.2) is 13.8 Å². The lowest BCUT2D eigenvalue weighted by atomic mass is 9.96. The van der Waals surface area contributed by atoms with Gasteiger partial charge in [0, 0.05) is 18.2 Å². The fraction of sp³-hybridized carbons (Fsp3) is 0.389. The Morgan fingerprint density at radius 3 is 2.62 bits per heavy atom. The number of hydrogen-bond donors (Lipinski definition) is 1. The molecule has 0 amide bonds. The fourth-order valence-corrected chi connectivity index (χ4v) is 2.44. The van der Waals surface area contributed by atoms with E-state index in [1.165, 1.54) is 12.3 Å². The minimum atomic E-state index is -0.992. The maximum absolute atomic E-state index is 14.2. The van der Waals surface area contributed by atoms with Crippen molar-refractivity contribution in [1.82, 2.24) is 9.97 Å². The molecule has 26 heavy (non-hydrogen) atoms. The molecule has 3 rings (SSSR count). The average molecular weight is 364 g/mol. The number of aromatic nitrogens is 2. The van der Waals surface area contributed by atoms with Crippen LogP contribution in [-0.4, -0.2) is 33.8 Å². The minimum Gasteiger partial charge on any atom is -0.488 e. The number of carboxylic acids is 1. The molecule has 138 valence electrons. The van der Waals surface area contributed by atoms with E-state index in [-0.39, 0.29) is 37.1 Å². The van der Waals surface area contributed by atoms with Crippen LogP contribution in [0.3, 0.4) is 0 Å². The Morgan fingerprint density at radius 2 is 2.00 bits per heavy atom. The Labute approximate surface area is 148 Å². The second kappa shape index (κ2) is 8.07. The molecular formula is C18H18F2N2O4. The van der Waals surface area contributed by atoms with Gasteiger partial charge in [-0.2, -0.15) is 4.98 Å². The molecule has 0 saturated heterocycles. The number of carbonyl (C=O) groups is 1. The van der Waals surface area contributed by atoms with Crippen LogP contribution >= 0.6 is 0 Å². The van der Waals surface area contributed by atoms with Crippen molar-refractivity contribution < 1.29 is 28.2 Å². The molecule has 8 heteroatoms. The Kier molecular flexibility index (Phi) is 5.60. The third kappa shape index (κ3) is 4.44. The van der Waals surface area contributed by atoms with Crippen LogP contribution in [0.4, 0.5) is 8.78 Å². The van der Waals surface area contributed by atoms with Gasteiger partial charge in [-0.1, -0.05) is 0 Å². The van der Waals surface area contributed by atoms with E-state index in [1.807, 2.05) is 0 Å². The molecule has 2 aromatic rings. The summed E-state index contributed by atoms with van der Waals surface area (Å²) in [6, 6.07) is 3.95. The van der Waals surface area contributed by atoms with Crippen LogP contribution in [0.25, 0.3) is 11.3 Å². The molecule has 0 atom stereocenters. The van der Waals surface area contributed by atoms with Gasteiger partial charge in [-0.05, 0) is 43.9 Å². The molecular weight excluding hydrogens is 346 g/mol. The van der Waals surface area contributed by atoms with E-state index in [9.17, 15) is 13.6 Å². The Hall–Kier alpha value is -2.77. The predicted octanol–water partition coefficient (Wildman–Crippen LogP) is 3.60. The molecule has 0 aliphatic heterocycles. The molecule has 0 bridgehead atoms. The van der Waals surface area contributed by atoms with Gasteiger partial charge in [0.15, 0.2) is 17.4 Å². The highest BCUT2D eigenvalue weighted by atomic mass is 19.1. The van der Waals surface area contributed by atoms with Crippen molar-refractivity contribution >= 4 is 5.97 Å². The molecule has 1 N–H and O–H groups in total. The largest absolute Gasteiger partial charge is 0.488 e. The zero-order chi connectivity index (χ0) is 18.5. The summed E-state index contributed by atoms with van der Waals surface area (Å²) in [5.41, 5.74) is 0.572. The Bertz CT molecular complexity index is 774. The monoisotopic (exact) mass is 364 g/mol. The van der Waals surface area contributed by atoms with E-state index in [0.29, 0.717) is 5.69 Å². The molecule has 6 nitrogen and oxygen atoms in total. The van der Waals surface area contributed by atoms with Gasteiger partial charge in [0.1, 0.15) is 6.10 Å². The van der Waals surface area contributed by atoms with Gasteiger partial charge >= 0.3 is 12.0 Å². The first-order valence-electron chi connectivity index (χ1n) is 8.36. The molecule has 0 unspecified atom stereocenters. The van der Waals surface area contributed by atoms with Crippen LogP contribution in [0.1, 0.15) is 32.1 Å². The molecule has 1 aliphatic rings. The number of nitrogens with zero attached hydrogens (tertiary/aromatic N) is 2. The second-order valence-corrected chi connectivity index (χ2v) is 6.01. The van der Waals surface area contributed by atoms with Crippen molar-refractivity contribution in [3.63, 3.8) is 0 Å². The number of hydrogen-bond acceptors (Lipinski definition) is 5. The van der Waals surface area contributed by atoms with Gasteiger partial charge < -0.3 is 14.6 Å². The highest BCUT2D eigenvalue weighted by Gasteiger charge is 2.21. The van der Waals surface area contributed by atoms with Crippen molar-refractivity contribution in [2.75, 3.05) is 6.61 Å². The Balaban J connectivity index is 1.72. The number of rotatable bonds is 8. The number of aliphatic carboxylic acids is 1. The van der Waals surface area contributed by atoms with Gasteiger partial charge in [0.2, 0.25) is 0 Å². The Morgan fingerprint density at radius 1 is 1.27 bits per heavy atom. The molecule has 1 aromatic heterocycles.